The smallest absolute Gasteiger partial charge is 0.315 e. The average Bonchev–Trinajstić information content (AvgIpc) is 2.62. The van der Waals surface area contributed by atoms with Crippen LogP contribution in [-0.2, 0) is 0 Å². The molecular formula is C17H19N3O5. The summed E-state index contributed by atoms with van der Waals surface area (Å²) in [6.45, 7) is 2.15. The molecule has 0 aromatic heterocycles. The second kappa shape index (κ2) is 8.53. The molecule has 0 saturated heterocycles. The molecule has 0 atom stereocenters. The van der Waals surface area contributed by atoms with Crippen LogP contribution in [0.3, 0.4) is 0 Å². The maximum absolute atomic E-state index is 11.2. The number of hydrogen-bond donors (Lipinski definition) is 1. The summed E-state index contributed by atoms with van der Waals surface area (Å²) >= 11 is 0. The lowest BCUT2D eigenvalue weighted by molar-refractivity contribution is -0.385. The number of benzene rings is 2. The van der Waals surface area contributed by atoms with Gasteiger partial charge in [-0.1, -0.05) is 0 Å². The van der Waals surface area contributed by atoms with Crippen LogP contribution < -0.4 is 19.6 Å². The van der Waals surface area contributed by atoms with Crippen LogP contribution in [0.2, 0.25) is 0 Å². The number of nitro groups is 1. The van der Waals surface area contributed by atoms with Gasteiger partial charge in [0.05, 0.1) is 37.7 Å². The van der Waals surface area contributed by atoms with Gasteiger partial charge in [-0.05, 0) is 37.3 Å². The van der Waals surface area contributed by atoms with Gasteiger partial charge >= 0.3 is 5.69 Å². The van der Waals surface area contributed by atoms with Crippen LogP contribution >= 0.6 is 0 Å². The quantitative estimate of drug-likeness (QED) is 0.447. The largest absolute Gasteiger partial charge is 0.497 e. The minimum atomic E-state index is -0.518. The highest BCUT2D eigenvalue weighted by atomic mass is 16.6. The molecule has 1 N–H and O–H groups in total. The van der Waals surface area contributed by atoms with E-state index in [1.165, 1.54) is 19.4 Å². The third-order valence-corrected chi connectivity index (χ3v) is 3.26. The number of nitro benzene ring substituents is 1. The second-order valence-electron chi connectivity index (χ2n) is 4.86. The van der Waals surface area contributed by atoms with Crippen LogP contribution in [-0.4, -0.2) is 32.0 Å². The average molecular weight is 345 g/mol. The molecule has 8 nitrogen and oxygen atoms in total. The van der Waals surface area contributed by atoms with Gasteiger partial charge in [0.1, 0.15) is 5.75 Å². The zero-order valence-corrected chi connectivity index (χ0v) is 14.2. The van der Waals surface area contributed by atoms with E-state index < -0.39 is 4.92 Å². The van der Waals surface area contributed by atoms with Gasteiger partial charge in [-0.2, -0.15) is 5.10 Å². The molecule has 8 heteroatoms. The van der Waals surface area contributed by atoms with E-state index in [1.807, 2.05) is 0 Å². The van der Waals surface area contributed by atoms with E-state index in [0.29, 0.717) is 17.9 Å². The normalized spacial score (nSPS) is 10.5. The Kier molecular flexibility index (Phi) is 6.16. The zero-order chi connectivity index (χ0) is 18.2. The molecule has 0 aliphatic heterocycles. The van der Waals surface area contributed by atoms with E-state index in [0.717, 1.165) is 11.4 Å². The first kappa shape index (κ1) is 18.1. The van der Waals surface area contributed by atoms with Crippen molar-refractivity contribution in [3.63, 3.8) is 0 Å². The highest BCUT2D eigenvalue weighted by molar-refractivity contribution is 5.83. The zero-order valence-electron chi connectivity index (χ0n) is 14.2. The predicted molar refractivity (Wildman–Crippen MR) is 95.0 cm³/mol. The maximum Gasteiger partial charge on any atom is 0.315 e. The fourth-order valence-electron chi connectivity index (χ4n) is 2.13. The Morgan fingerprint density at radius 1 is 1.20 bits per heavy atom. The van der Waals surface area contributed by atoms with Crippen molar-refractivity contribution >= 4 is 17.6 Å². The Bertz CT molecular complexity index is 760. The SMILES string of the molecule is CCOc1cc(/C=N/Nc2ccc(OC)cc2)cc([N+](=O)[O-])c1OC. The molecule has 0 aliphatic rings. The van der Waals surface area contributed by atoms with Gasteiger partial charge in [-0.3, -0.25) is 15.5 Å². The monoisotopic (exact) mass is 345 g/mol. The number of nitrogens with zero attached hydrogens (tertiary/aromatic N) is 2. The maximum atomic E-state index is 11.2. The van der Waals surface area contributed by atoms with Crippen LogP contribution in [0.15, 0.2) is 41.5 Å². The Hall–Kier alpha value is -3.29. The van der Waals surface area contributed by atoms with Crippen LogP contribution in [0, 0.1) is 10.1 Å². The van der Waals surface area contributed by atoms with Gasteiger partial charge in [-0.25, -0.2) is 0 Å². The lowest BCUT2D eigenvalue weighted by atomic mass is 10.2. The van der Waals surface area contributed by atoms with Crippen molar-refractivity contribution in [3.05, 3.63) is 52.1 Å². The molecule has 132 valence electrons. The topological polar surface area (TPSA) is 95.2 Å². The van der Waals surface area contributed by atoms with Crippen LogP contribution in [0.4, 0.5) is 11.4 Å². The highest BCUT2D eigenvalue weighted by Crippen LogP contribution is 2.37. The predicted octanol–water partition coefficient (Wildman–Crippen LogP) is 3.46. The van der Waals surface area contributed by atoms with Gasteiger partial charge in [0.15, 0.2) is 5.75 Å². The first-order valence-electron chi connectivity index (χ1n) is 7.51. The van der Waals surface area contributed by atoms with Gasteiger partial charge in [-0.15, -0.1) is 0 Å². The summed E-state index contributed by atoms with van der Waals surface area (Å²) in [5.74, 6) is 1.12. The molecule has 0 unspecified atom stereocenters. The molecule has 0 radical (unpaired) electrons. The molecule has 0 aliphatic carbocycles. The van der Waals surface area contributed by atoms with Crippen molar-refractivity contribution in [2.45, 2.75) is 6.92 Å². The van der Waals surface area contributed by atoms with Gasteiger partial charge < -0.3 is 14.2 Å². The molecule has 2 aromatic rings. The number of anilines is 1. The molecule has 25 heavy (non-hydrogen) atoms. The molecule has 2 aromatic carbocycles. The Morgan fingerprint density at radius 3 is 2.48 bits per heavy atom. The van der Waals surface area contributed by atoms with E-state index in [2.05, 4.69) is 10.5 Å². The number of ether oxygens (including phenoxy) is 3. The first-order chi connectivity index (χ1) is 12.1. The van der Waals surface area contributed by atoms with Crippen LogP contribution in [0.5, 0.6) is 17.2 Å². The van der Waals surface area contributed by atoms with Gasteiger partial charge in [0.2, 0.25) is 5.75 Å². The molecule has 0 fully saturated rings. The number of rotatable bonds is 8. The standard InChI is InChI=1S/C17H19N3O5/c1-4-25-16-10-12(9-15(20(21)22)17(16)24-3)11-18-19-13-5-7-14(23-2)8-6-13/h5-11,19H,4H2,1-3H3/b18-11+. The number of hydrogen-bond acceptors (Lipinski definition) is 7. The Labute approximate surface area is 145 Å². The summed E-state index contributed by atoms with van der Waals surface area (Å²) in [5.41, 5.74) is 3.93. The molecule has 0 heterocycles. The molecule has 0 amide bonds. The third-order valence-electron chi connectivity index (χ3n) is 3.26. The van der Waals surface area contributed by atoms with E-state index >= 15 is 0 Å². The third kappa shape index (κ3) is 4.60. The van der Waals surface area contributed by atoms with Crippen molar-refractivity contribution in [2.75, 3.05) is 26.3 Å². The lowest BCUT2D eigenvalue weighted by Crippen LogP contribution is -2.01. The van der Waals surface area contributed by atoms with Gasteiger partial charge in [0, 0.05) is 11.6 Å². The van der Waals surface area contributed by atoms with Gasteiger partial charge in [0.25, 0.3) is 0 Å². The minimum Gasteiger partial charge on any atom is -0.497 e. The Balaban J connectivity index is 2.23. The summed E-state index contributed by atoms with van der Waals surface area (Å²) in [5, 5.41) is 15.3. The summed E-state index contributed by atoms with van der Waals surface area (Å²) in [4.78, 5) is 10.7. The molecule has 0 bridgehead atoms. The minimum absolute atomic E-state index is 0.0899. The van der Waals surface area contributed by atoms with Crippen molar-refractivity contribution in [1.29, 1.82) is 0 Å². The van der Waals surface area contributed by atoms with E-state index in [1.54, 1.807) is 44.4 Å². The summed E-state index contributed by atoms with van der Waals surface area (Å²) < 4.78 is 15.6. The fraction of sp³-hybridized carbons (Fsp3) is 0.235. The van der Waals surface area contributed by atoms with E-state index in [9.17, 15) is 10.1 Å². The summed E-state index contributed by atoms with van der Waals surface area (Å²) in [6.07, 6.45) is 1.47. The first-order valence-corrected chi connectivity index (χ1v) is 7.51. The molecule has 0 saturated carbocycles. The van der Waals surface area contributed by atoms with Crippen molar-refractivity contribution in [1.82, 2.24) is 0 Å². The number of methoxy groups -OCH3 is 2. The lowest BCUT2D eigenvalue weighted by Gasteiger charge is -2.10. The van der Waals surface area contributed by atoms with Crippen molar-refractivity contribution in [2.24, 2.45) is 5.10 Å². The summed E-state index contributed by atoms with van der Waals surface area (Å²) in [6, 6.07) is 10.2. The number of nitrogens with one attached hydrogen (secondary N) is 1. The van der Waals surface area contributed by atoms with Crippen molar-refractivity contribution in [3.8, 4) is 17.2 Å². The fourth-order valence-corrected chi connectivity index (χ4v) is 2.13. The Morgan fingerprint density at radius 2 is 1.92 bits per heavy atom. The van der Waals surface area contributed by atoms with Crippen molar-refractivity contribution < 1.29 is 19.1 Å². The molecule has 2 rings (SSSR count). The second-order valence-corrected chi connectivity index (χ2v) is 4.86. The molecular weight excluding hydrogens is 326 g/mol. The van der Waals surface area contributed by atoms with E-state index in [-0.39, 0.29) is 11.4 Å². The van der Waals surface area contributed by atoms with Crippen LogP contribution in [0.1, 0.15) is 12.5 Å². The van der Waals surface area contributed by atoms with Crippen LogP contribution in [0.25, 0.3) is 0 Å². The molecule has 0 spiro atoms. The highest BCUT2D eigenvalue weighted by Gasteiger charge is 2.21. The van der Waals surface area contributed by atoms with E-state index in [4.69, 9.17) is 14.2 Å². The number of hydrazone groups is 1. The summed E-state index contributed by atoms with van der Waals surface area (Å²) in [7, 11) is 2.96.